The van der Waals surface area contributed by atoms with Gasteiger partial charge in [0.1, 0.15) is 0 Å². The Labute approximate surface area is 101 Å². The largest absolute Gasteiger partial charge is 0.471 e. The van der Waals surface area contributed by atoms with E-state index in [1.807, 2.05) is 0 Å². The van der Waals surface area contributed by atoms with Crippen LogP contribution in [0.15, 0.2) is 24.3 Å². The minimum atomic E-state index is -5.00. The van der Waals surface area contributed by atoms with E-state index in [0.29, 0.717) is 0 Å². The molecule has 1 rings (SSSR count). The Morgan fingerprint density at radius 3 is 2.28 bits per heavy atom. The summed E-state index contributed by atoms with van der Waals surface area (Å²) in [4.78, 5) is 10.7. The summed E-state index contributed by atoms with van der Waals surface area (Å²) in [7, 11) is -3.54. The van der Waals surface area contributed by atoms with Crippen LogP contribution in [0.4, 0.5) is 24.5 Å². The first-order valence-corrected chi connectivity index (χ1v) is 6.43. The summed E-state index contributed by atoms with van der Waals surface area (Å²) in [6.07, 6.45) is -4.10. The number of benzene rings is 1. The molecule has 0 unspecified atom stereocenters. The zero-order chi connectivity index (χ0) is 14.0. The Kier molecular flexibility index (Phi) is 3.85. The maximum absolute atomic E-state index is 12.0. The SMILES string of the molecule is CS(=O)(=O)Nc1cccc(NC(=O)C(F)(F)F)c1. The first-order chi connectivity index (χ1) is 8.08. The van der Waals surface area contributed by atoms with Gasteiger partial charge in [-0.25, -0.2) is 8.42 Å². The third kappa shape index (κ3) is 4.62. The van der Waals surface area contributed by atoms with Crippen LogP contribution in [0.1, 0.15) is 0 Å². The number of rotatable bonds is 3. The zero-order valence-electron chi connectivity index (χ0n) is 9.08. The fourth-order valence-electron chi connectivity index (χ4n) is 1.08. The van der Waals surface area contributed by atoms with Gasteiger partial charge >= 0.3 is 12.1 Å². The third-order valence-corrected chi connectivity index (χ3v) is 2.29. The average molecular weight is 282 g/mol. The number of nitrogens with one attached hydrogen (secondary N) is 2. The van der Waals surface area contributed by atoms with E-state index in [1.54, 1.807) is 5.32 Å². The third-order valence-electron chi connectivity index (χ3n) is 1.68. The van der Waals surface area contributed by atoms with Crippen molar-refractivity contribution < 1.29 is 26.4 Å². The van der Waals surface area contributed by atoms with Gasteiger partial charge in [0, 0.05) is 5.69 Å². The van der Waals surface area contributed by atoms with Crippen LogP contribution in [0.2, 0.25) is 0 Å². The molecule has 100 valence electrons. The van der Waals surface area contributed by atoms with Crippen LogP contribution in [0, 0.1) is 0 Å². The molecule has 0 aromatic heterocycles. The van der Waals surface area contributed by atoms with Gasteiger partial charge < -0.3 is 5.32 Å². The van der Waals surface area contributed by atoms with Crippen LogP contribution >= 0.6 is 0 Å². The molecule has 1 amide bonds. The van der Waals surface area contributed by atoms with Crippen molar-refractivity contribution in [3.05, 3.63) is 24.3 Å². The van der Waals surface area contributed by atoms with E-state index >= 15 is 0 Å². The Morgan fingerprint density at radius 1 is 1.22 bits per heavy atom. The highest BCUT2D eigenvalue weighted by Gasteiger charge is 2.38. The number of halogens is 3. The second kappa shape index (κ2) is 4.84. The molecule has 0 saturated heterocycles. The molecule has 1 aromatic rings. The molecular weight excluding hydrogens is 273 g/mol. The van der Waals surface area contributed by atoms with Crippen molar-refractivity contribution in [3.63, 3.8) is 0 Å². The summed E-state index contributed by atoms with van der Waals surface area (Å²) in [5, 5.41) is 1.61. The van der Waals surface area contributed by atoms with Crippen LogP contribution in [-0.4, -0.2) is 26.8 Å². The maximum atomic E-state index is 12.0. The lowest BCUT2D eigenvalue weighted by Crippen LogP contribution is -2.29. The molecule has 5 nitrogen and oxygen atoms in total. The minimum absolute atomic E-state index is 0.0532. The van der Waals surface area contributed by atoms with Gasteiger partial charge in [0.25, 0.3) is 0 Å². The number of hydrogen-bond acceptors (Lipinski definition) is 3. The topological polar surface area (TPSA) is 75.3 Å². The van der Waals surface area contributed by atoms with Crippen molar-refractivity contribution in [2.75, 3.05) is 16.3 Å². The molecule has 9 heteroatoms. The molecule has 0 saturated carbocycles. The predicted octanol–water partition coefficient (Wildman–Crippen LogP) is 1.56. The van der Waals surface area contributed by atoms with Crippen molar-refractivity contribution in [2.24, 2.45) is 0 Å². The number of carbonyl (C=O) groups excluding carboxylic acids is 1. The molecule has 18 heavy (non-hydrogen) atoms. The molecule has 0 fully saturated rings. The number of amides is 1. The average Bonchev–Trinajstić information content (AvgIpc) is 2.13. The fraction of sp³-hybridized carbons (Fsp3) is 0.222. The molecule has 0 aliphatic carbocycles. The highest BCUT2D eigenvalue weighted by Crippen LogP contribution is 2.20. The molecule has 0 aliphatic rings. The van der Waals surface area contributed by atoms with E-state index in [2.05, 4.69) is 4.72 Å². The standard InChI is InChI=1S/C9H9F3N2O3S/c1-18(16,17)14-7-4-2-3-6(5-7)13-8(15)9(10,11)12/h2-5,14H,1H3,(H,13,15). The number of anilines is 2. The molecule has 0 atom stereocenters. The van der Waals surface area contributed by atoms with Crippen LogP contribution in [-0.2, 0) is 14.8 Å². The molecule has 0 aliphatic heterocycles. The van der Waals surface area contributed by atoms with E-state index < -0.39 is 22.1 Å². The van der Waals surface area contributed by atoms with Gasteiger partial charge in [-0.2, -0.15) is 13.2 Å². The van der Waals surface area contributed by atoms with Crippen molar-refractivity contribution in [1.29, 1.82) is 0 Å². The van der Waals surface area contributed by atoms with Gasteiger partial charge in [-0.05, 0) is 18.2 Å². The highest BCUT2D eigenvalue weighted by molar-refractivity contribution is 7.92. The Bertz CT molecular complexity index is 554. The van der Waals surface area contributed by atoms with Crippen LogP contribution < -0.4 is 10.0 Å². The smallest absolute Gasteiger partial charge is 0.318 e. The fourth-order valence-corrected chi connectivity index (χ4v) is 1.63. The van der Waals surface area contributed by atoms with Gasteiger partial charge in [0.15, 0.2) is 0 Å². The second-order valence-corrected chi connectivity index (χ2v) is 5.16. The van der Waals surface area contributed by atoms with Crippen molar-refractivity contribution >= 4 is 27.3 Å². The summed E-state index contributed by atoms with van der Waals surface area (Å²) in [5.41, 5.74) is -0.108. The number of carbonyl (C=O) groups is 1. The quantitative estimate of drug-likeness (QED) is 0.883. The molecular formula is C9H9F3N2O3S. The first-order valence-electron chi connectivity index (χ1n) is 4.54. The number of sulfonamides is 1. The number of alkyl halides is 3. The summed E-state index contributed by atoms with van der Waals surface area (Å²) in [6.45, 7) is 0. The van der Waals surface area contributed by atoms with Crippen LogP contribution in [0.5, 0.6) is 0 Å². The lowest BCUT2D eigenvalue weighted by atomic mass is 10.3. The normalized spacial score (nSPS) is 12.0. The van der Waals surface area contributed by atoms with Crippen LogP contribution in [0.3, 0.4) is 0 Å². The molecule has 0 radical (unpaired) electrons. The molecule has 0 heterocycles. The number of hydrogen-bond donors (Lipinski definition) is 2. The predicted molar refractivity (Wildman–Crippen MR) is 59.6 cm³/mol. The van der Waals surface area contributed by atoms with Gasteiger partial charge in [-0.3, -0.25) is 9.52 Å². The molecule has 0 bridgehead atoms. The van der Waals surface area contributed by atoms with E-state index in [9.17, 15) is 26.4 Å². The summed E-state index contributed by atoms with van der Waals surface area (Å²) < 4.78 is 59.9. The Morgan fingerprint density at radius 2 is 1.78 bits per heavy atom. The lowest BCUT2D eigenvalue weighted by Gasteiger charge is -2.09. The zero-order valence-corrected chi connectivity index (χ0v) is 9.89. The van der Waals surface area contributed by atoms with Crippen molar-refractivity contribution in [2.45, 2.75) is 6.18 Å². The minimum Gasteiger partial charge on any atom is -0.318 e. The van der Waals surface area contributed by atoms with Crippen molar-refractivity contribution in [1.82, 2.24) is 0 Å². The van der Waals surface area contributed by atoms with E-state index in [0.717, 1.165) is 12.3 Å². The first kappa shape index (κ1) is 14.3. The summed E-state index contributed by atoms with van der Waals surface area (Å²) in [5.74, 6) is -2.13. The molecule has 2 N–H and O–H groups in total. The molecule has 0 spiro atoms. The molecule has 1 aromatic carbocycles. The Hall–Kier alpha value is -1.77. The Balaban J connectivity index is 2.87. The summed E-state index contributed by atoms with van der Waals surface area (Å²) in [6, 6.07) is 4.92. The highest BCUT2D eigenvalue weighted by atomic mass is 32.2. The van der Waals surface area contributed by atoms with Crippen LogP contribution in [0.25, 0.3) is 0 Å². The maximum Gasteiger partial charge on any atom is 0.471 e. The van der Waals surface area contributed by atoms with E-state index in [4.69, 9.17) is 0 Å². The van der Waals surface area contributed by atoms with E-state index in [1.165, 1.54) is 18.2 Å². The monoisotopic (exact) mass is 282 g/mol. The lowest BCUT2D eigenvalue weighted by molar-refractivity contribution is -0.167. The van der Waals surface area contributed by atoms with Gasteiger partial charge in [-0.1, -0.05) is 6.07 Å². The second-order valence-electron chi connectivity index (χ2n) is 3.41. The van der Waals surface area contributed by atoms with Crippen molar-refractivity contribution in [3.8, 4) is 0 Å². The van der Waals surface area contributed by atoms with Gasteiger partial charge in [-0.15, -0.1) is 0 Å². The van der Waals surface area contributed by atoms with Gasteiger partial charge in [0.2, 0.25) is 10.0 Å². The van der Waals surface area contributed by atoms with E-state index in [-0.39, 0.29) is 11.4 Å². The summed E-state index contributed by atoms with van der Waals surface area (Å²) >= 11 is 0. The van der Waals surface area contributed by atoms with Gasteiger partial charge in [0.05, 0.1) is 11.9 Å².